The Morgan fingerprint density at radius 1 is 0.306 bits per heavy atom. The van der Waals surface area contributed by atoms with Gasteiger partial charge in [-0.05, 0) is 122 Å². The van der Waals surface area contributed by atoms with Crippen molar-refractivity contribution in [2.75, 3.05) is 39.6 Å². The highest BCUT2D eigenvalue weighted by molar-refractivity contribution is 7.47. The van der Waals surface area contributed by atoms with Crippen LogP contribution in [0.4, 0.5) is 0 Å². The number of carbonyl (C=O) groups excluding carboxylic acids is 4. The third-order valence-electron chi connectivity index (χ3n) is 14.8. The van der Waals surface area contributed by atoms with Crippen molar-refractivity contribution in [2.45, 2.75) is 290 Å². The summed E-state index contributed by atoms with van der Waals surface area (Å²) in [4.78, 5) is 72.7. The number of phosphoric acid groups is 2. The Morgan fingerprint density at radius 2 is 0.571 bits per heavy atom. The molecule has 0 amide bonds. The number of aliphatic hydroxyl groups excluding tert-OH is 1. The molecule has 0 bridgehead atoms. The molecule has 0 saturated heterocycles. The van der Waals surface area contributed by atoms with E-state index in [9.17, 15) is 43.2 Å². The summed E-state index contributed by atoms with van der Waals surface area (Å²) in [5.74, 6) is -2.38. The van der Waals surface area contributed by atoms with Gasteiger partial charge in [-0.25, -0.2) is 9.13 Å². The van der Waals surface area contributed by atoms with Gasteiger partial charge in [-0.1, -0.05) is 270 Å². The number of ether oxygens (including phenoxy) is 4. The van der Waals surface area contributed by atoms with E-state index in [0.717, 1.165) is 154 Å². The van der Waals surface area contributed by atoms with Crippen LogP contribution in [0.15, 0.2) is 146 Å². The minimum atomic E-state index is -5.01. The van der Waals surface area contributed by atoms with Gasteiger partial charge in [0.2, 0.25) is 0 Å². The van der Waals surface area contributed by atoms with Crippen LogP contribution in [0.5, 0.6) is 0 Å². The molecular formula is C79H130O17P2. The first-order valence-corrected chi connectivity index (χ1v) is 40.1. The van der Waals surface area contributed by atoms with E-state index in [4.69, 9.17) is 37.0 Å². The molecule has 0 heterocycles. The van der Waals surface area contributed by atoms with Gasteiger partial charge in [-0.15, -0.1) is 0 Å². The fraction of sp³-hybridized carbons (Fsp3) is 0.646. The van der Waals surface area contributed by atoms with Crippen LogP contribution in [-0.2, 0) is 65.4 Å². The number of hydrogen-bond donors (Lipinski definition) is 3. The average Bonchev–Trinajstić information content (AvgIpc) is 0.980. The van der Waals surface area contributed by atoms with E-state index in [1.165, 1.54) is 38.5 Å². The molecule has 558 valence electrons. The van der Waals surface area contributed by atoms with Gasteiger partial charge < -0.3 is 33.8 Å². The zero-order chi connectivity index (χ0) is 71.8. The quantitative estimate of drug-likeness (QED) is 0.0169. The highest BCUT2D eigenvalue weighted by Crippen LogP contribution is 2.45. The van der Waals surface area contributed by atoms with Crippen LogP contribution in [0.25, 0.3) is 0 Å². The fourth-order valence-corrected chi connectivity index (χ4v) is 10.9. The Morgan fingerprint density at radius 3 is 0.908 bits per heavy atom. The van der Waals surface area contributed by atoms with E-state index < -0.39 is 97.5 Å². The molecule has 0 aliphatic rings. The first kappa shape index (κ1) is 92.9. The Labute approximate surface area is 592 Å². The van der Waals surface area contributed by atoms with Gasteiger partial charge in [-0.2, -0.15) is 0 Å². The van der Waals surface area contributed by atoms with E-state index in [1.54, 1.807) is 12.2 Å². The van der Waals surface area contributed by atoms with Gasteiger partial charge in [0, 0.05) is 19.3 Å². The summed E-state index contributed by atoms with van der Waals surface area (Å²) in [6.07, 6.45) is 78.8. The van der Waals surface area contributed by atoms with E-state index in [2.05, 4.69) is 149 Å². The summed E-state index contributed by atoms with van der Waals surface area (Å²) >= 11 is 0. The predicted octanol–water partition coefficient (Wildman–Crippen LogP) is 21.1. The maximum absolute atomic E-state index is 13.1. The molecule has 0 saturated carbocycles. The van der Waals surface area contributed by atoms with Crippen LogP contribution >= 0.6 is 15.6 Å². The number of aliphatic hydroxyl groups is 1. The summed E-state index contributed by atoms with van der Waals surface area (Å²) in [6.45, 7) is 4.34. The molecule has 0 aromatic rings. The molecule has 0 aromatic carbocycles. The molecule has 0 aliphatic heterocycles. The van der Waals surface area contributed by atoms with Crippen LogP contribution in [0.3, 0.4) is 0 Å². The summed E-state index contributed by atoms with van der Waals surface area (Å²) < 4.78 is 68.2. The normalized spacial score (nSPS) is 14.8. The Balaban J connectivity index is 5.44. The van der Waals surface area contributed by atoms with Gasteiger partial charge >= 0.3 is 39.5 Å². The molecule has 0 fully saturated rings. The first-order valence-electron chi connectivity index (χ1n) is 37.1. The molecule has 17 nitrogen and oxygen atoms in total. The molecule has 0 rings (SSSR count). The lowest BCUT2D eigenvalue weighted by atomic mass is 10.1. The standard InChI is InChI=1S/C79H130O17P2/c1-5-9-13-17-21-25-29-32-35-36-39-41-45-48-52-56-60-64-77(82)90-70-75(96-79(84)66-62-58-54-50-46-42-38-34-31-27-23-19-15-11-7-3)72-94-98(87,88)92-68-73(80)67-91-97(85,86)93-71-74(95-78(83)65-61-57-53-49-43-28-24-20-16-12-8-4)69-89-76(81)63-59-55-51-47-44-40-37-33-30-26-22-18-14-10-6-2/h9-11,13-15,21-23,25-27,32-35,37-39,41,46,50,58,62,73-75,80H,5-8,12,16-20,24,28-31,36,40,42-45,47-49,51-57,59-61,63-72H2,1-4H3,(H,85,86)(H,87,88)/b13-9-,14-10-,15-11-,25-21-,26-22-,27-23-,35-32-,37-33-,38-34-,41-39-,50-46-,62-58-. The Hall–Kier alpha value is -5.06. The molecule has 0 spiro atoms. The Kier molecular flexibility index (Phi) is 66.7. The summed E-state index contributed by atoms with van der Waals surface area (Å²) in [5.41, 5.74) is 0. The minimum Gasteiger partial charge on any atom is -0.462 e. The molecule has 0 aliphatic carbocycles. The minimum absolute atomic E-state index is 0.0868. The van der Waals surface area contributed by atoms with Crippen molar-refractivity contribution in [2.24, 2.45) is 0 Å². The van der Waals surface area contributed by atoms with Gasteiger partial charge in [0.25, 0.3) is 0 Å². The smallest absolute Gasteiger partial charge is 0.462 e. The topological polar surface area (TPSA) is 237 Å². The second-order valence-corrected chi connectivity index (χ2v) is 27.0. The zero-order valence-electron chi connectivity index (χ0n) is 60.7. The van der Waals surface area contributed by atoms with Gasteiger partial charge in [0.05, 0.1) is 32.8 Å². The number of hydrogen-bond acceptors (Lipinski definition) is 15. The lowest BCUT2D eigenvalue weighted by Crippen LogP contribution is -2.30. The van der Waals surface area contributed by atoms with Crippen molar-refractivity contribution >= 4 is 39.5 Å². The van der Waals surface area contributed by atoms with Gasteiger partial charge in [0.15, 0.2) is 12.2 Å². The van der Waals surface area contributed by atoms with Crippen LogP contribution < -0.4 is 0 Å². The van der Waals surface area contributed by atoms with E-state index in [-0.39, 0.29) is 25.7 Å². The summed E-state index contributed by atoms with van der Waals surface area (Å²) in [6, 6.07) is 0. The monoisotopic (exact) mass is 1410 g/mol. The van der Waals surface area contributed by atoms with Gasteiger partial charge in [0.1, 0.15) is 19.3 Å². The van der Waals surface area contributed by atoms with Crippen LogP contribution in [0, 0.1) is 0 Å². The Bertz CT molecular complexity index is 2430. The molecule has 3 N–H and O–H groups in total. The largest absolute Gasteiger partial charge is 0.472 e. The molecule has 0 aromatic heterocycles. The molecule has 19 heteroatoms. The van der Waals surface area contributed by atoms with E-state index >= 15 is 0 Å². The summed E-state index contributed by atoms with van der Waals surface area (Å²) in [7, 11) is -9.99. The van der Waals surface area contributed by atoms with Crippen molar-refractivity contribution in [3.05, 3.63) is 146 Å². The van der Waals surface area contributed by atoms with Gasteiger partial charge in [-0.3, -0.25) is 37.3 Å². The number of rotatable bonds is 68. The maximum Gasteiger partial charge on any atom is 0.472 e. The number of esters is 4. The van der Waals surface area contributed by atoms with Crippen molar-refractivity contribution < 1.29 is 80.2 Å². The maximum atomic E-state index is 13.1. The van der Waals surface area contributed by atoms with Crippen LogP contribution in [-0.4, -0.2) is 96.7 Å². The second kappa shape index (κ2) is 70.4. The number of carbonyl (C=O) groups is 4. The van der Waals surface area contributed by atoms with E-state index in [0.29, 0.717) is 25.7 Å². The molecular weight excluding hydrogens is 1280 g/mol. The zero-order valence-corrected chi connectivity index (χ0v) is 62.4. The lowest BCUT2D eigenvalue weighted by Gasteiger charge is -2.21. The number of phosphoric ester groups is 2. The molecule has 5 atom stereocenters. The first-order chi connectivity index (χ1) is 47.7. The number of unbranched alkanes of at least 4 members (excludes halogenated alkanes) is 19. The van der Waals surface area contributed by atoms with Crippen molar-refractivity contribution in [3.63, 3.8) is 0 Å². The third kappa shape index (κ3) is 69.4. The van der Waals surface area contributed by atoms with Crippen LogP contribution in [0.1, 0.15) is 272 Å². The fourth-order valence-electron chi connectivity index (χ4n) is 9.30. The van der Waals surface area contributed by atoms with E-state index in [1.807, 2.05) is 12.2 Å². The lowest BCUT2D eigenvalue weighted by molar-refractivity contribution is -0.161. The SMILES string of the molecule is CC/C=C\C/C=C\C/C=C\C/C=C\C/C=C\CC(=O)OC(COC(=O)CCCCCC/C=C\C/C=C\C/C=C\C/C=C\CC)COP(=O)(O)OCC(O)COP(=O)(O)OCC(COC(=O)CCCCCCC/C=C\C/C=C\C/C=C\CC)OC(=O)CCCCCCCCCCCCC. The number of allylic oxidation sites excluding steroid dienone is 23. The second-order valence-electron chi connectivity index (χ2n) is 24.1. The van der Waals surface area contributed by atoms with Crippen molar-refractivity contribution in [3.8, 4) is 0 Å². The summed E-state index contributed by atoms with van der Waals surface area (Å²) in [5, 5.41) is 10.6. The highest BCUT2D eigenvalue weighted by Gasteiger charge is 2.30. The molecule has 98 heavy (non-hydrogen) atoms. The third-order valence-corrected chi connectivity index (χ3v) is 16.7. The molecule has 0 radical (unpaired) electrons. The predicted molar refractivity (Wildman–Crippen MR) is 399 cm³/mol. The van der Waals surface area contributed by atoms with Crippen molar-refractivity contribution in [1.82, 2.24) is 0 Å². The average molecular weight is 1410 g/mol. The molecule has 5 unspecified atom stereocenters. The van der Waals surface area contributed by atoms with Crippen molar-refractivity contribution in [1.29, 1.82) is 0 Å². The highest BCUT2D eigenvalue weighted by atomic mass is 31.2. The van der Waals surface area contributed by atoms with Crippen LogP contribution in [0.2, 0.25) is 0 Å².